The van der Waals surface area contributed by atoms with E-state index in [9.17, 15) is 0 Å². The fourth-order valence-corrected chi connectivity index (χ4v) is 1.27. The molecule has 0 aliphatic carbocycles. The molecule has 0 saturated heterocycles. The van der Waals surface area contributed by atoms with Crippen molar-refractivity contribution >= 4 is 17.7 Å². The van der Waals surface area contributed by atoms with Crippen LogP contribution in [0.15, 0.2) is 24.3 Å². The Kier molecular flexibility index (Phi) is 4.69. The minimum absolute atomic E-state index is 0.683. The Bertz CT molecular complexity index is 152. The maximum atomic E-state index is 3.44. The molecule has 1 unspecified atom stereocenters. The first-order valence-electron chi connectivity index (χ1n) is 4.47. The molecule has 0 fully saturated rings. The summed E-state index contributed by atoms with van der Waals surface area (Å²) < 4.78 is 0. The van der Waals surface area contributed by atoms with Crippen molar-refractivity contribution in [2.75, 3.05) is 6.54 Å². The van der Waals surface area contributed by atoms with E-state index in [0.29, 0.717) is 6.04 Å². The van der Waals surface area contributed by atoms with Gasteiger partial charge in [-0.2, -0.15) is 0 Å². The van der Waals surface area contributed by atoms with Crippen LogP contribution in [0.5, 0.6) is 0 Å². The van der Waals surface area contributed by atoms with Crippen LogP contribution < -0.4 is 5.32 Å². The van der Waals surface area contributed by atoms with Crippen LogP contribution in [0.1, 0.15) is 12.8 Å². The molecule has 56 valence electrons. The van der Waals surface area contributed by atoms with E-state index in [0.717, 1.165) is 11.6 Å². The van der Waals surface area contributed by atoms with Crippen LogP contribution >= 0.6 is 0 Å². The van der Waals surface area contributed by atoms with Crippen LogP contribution in [0.4, 0.5) is 0 Å². The maximum absolute atomic E-state index is 3.44. The van der Waals surface area contributed by atoms with Crippen LogP contribution in [0.2, 0.25) is 5.09 Å². The Hall–Kier alpha value is 0.0374. The summed E-state index contributed by atoms with van der Waals surface area (Å²) in [6.07, 6.45) is 11.3. The fourth-order valence-electron chi connectivity index (χ4n) is 1.27. The monoisotopic (exact) mass is 143 g/mol. The van der Waals surface area contributed by atoms with E-state index in [-0.39, 0.29) is 0 Å². The standard InChI is InChI=1S/C9H14N.Li/c1-2-3-6-9-7-4-5-8-10-9;/h2-5,9-10H,1,6-8H2;/b3-2+;. The first-order valence-corrected chi connectivity index (χ1v) is 4.47. The summed E-state index contributed by atoms with van der Waals surface area (Å²) in [6, 6.07) is 0.683. The number of nitrogens with one attached hydrogen (secondary N) is 1. The van der Waals surface area contributed by atoms with E-state index in [1.807, 2.05) is 0 Å². The Labute approximate surface area is 78.1 Å². The van der Waals surface area contributed by atoms with Gasteiger partial charge in [0, 0.05) is 0 Å². The molecule has 1 N–H and O–H groups in total. The SMILES string of the molecule is [Li][CH2]/C=C/CC1CC=CCN1. The quantitative estimate of drug-likeness (QED) is 0.465. The van der Waals surface area contributed by atoms with Gasteiger partial charge in [0.15, 0.2) is 0 Å². The summed E-state index contributed by atoms with van der Waals surface area (Å²) in [5.74, 6) is 0. The molecule has 1 atom stereocenters. The summed E-state index contributed by atoms with van der Waals surface area (Å²) in [5, 5.41) is 4.60. The average Bonchev–Trinajstić information content (AvgIpc) is 2.07. The molecule has 1 heterocycles. The number of allylic oxidation sites excluding steroid dienone is 1. The van der Waals surface area contributed by atoms with E-state index in [1.165, 1.54) is 12.8 Å². The topological polar surface area (TPSA) is 12.0 Å². The molecular formula is C9H14LiN. The Morgan fingerprint density at radius 3 is 3.00 bits per heavy atom. The molecule has 1 aliphatic rings. The first-order chi connectivity index (χ1) is 5.43. The van der Waals surface area contributed by atoms with Gasteiger partial charge in [0.05, 0.1) is 0 Å². The summed E-state index contributed by atoms with van der Waals surface area (Å²) >= 11 is 2.17. The van der Waals surface area contributed by atoms with Gasteiger partial charge < -0.3 is 0 Å². The van der Waals surface area contributed by atoms with Gasteiger partial charge in [-0.25, -0.2) is 0 Å². The molecule has 1 nitrogen and oxygen atoms in total. The van der Waals surface area contributed by atoms with Crippen molar-refractivity contribution in [2.24, 2.45) is 0 Å². The summed E-state index contributed by atoms with van der Waals surface area (Å²) in [7, 11) is 0. The van der Waals surface area contributed by atoms with Crippen LogP contribution in [0, 0.1) is 0 Å². The zero-order valence-corrected chi connectivity index (χ0v) is 7.22. The van der Waals surface area contributed by atoms with Crippen molar-refractivity contribution in [3.63, 3.8) is 0 Å². The second-order valence-corrected chi connectivity index (χ2v) is 2.93. The van der Waals surface area contributed by atoms with Crippen molar-refractivity contribution < 1.29 is 0 Å². The molecule has 11 heavy (non-hydrogen) atoms. The number of rotatable bonds is 3. The van der Waals surface area contributed by atoms with Gasteiger partial charge >= 0.3 is 77.9 Å². The molecular weight excluding hydrogens is 129 g/mol. The van der Waals surface area contributed by atoms with Crippen molar-refractivity contribution in [3.8, 4) is 0 Å². The van der Waals surface area contributed by atoms with E-state index < -0.39 is 0 Å². The Morgan fingerprint density at radius 2 is 2.36 bits per heavy atom. The van der Waals surface area contributed by atoms with Crippen molar-refractivity contribution in [1.29, 1.82) is 0 Å². The van der Waals surface area contributed by atoms with E-state index in [4.69, 9.17) is 0 Å². The van der Waals surface area contributed by atoms with E-state index in [2.05, 4.69) is 47.3 Å². The molecule has 0 aromatic heterocycles. The predicted octanol–water partition coefficient (Wildman–Crippen LogP) is 1.44. The van der Waals surface area contributed by atoms with Crippen LogP contribution in [0.25, 0.3) is 0 Å². The molecule has 0 saturated carbocycles. The van der Waals surface area contributed by atoms with Crippen LogP contribution in [-0.2, 0) is 0 Å². The third-order valence-corrected chi connectivity index (χ3v) is 1.93. The molecule has 2 heteroatoms. The molecule has 0 spiro atoms. The third kappa shape index (κ3) is 3.81. The van der Waals surface area contributed by atoms with Gasteiger partial charge in [-0.05, 0) is 0 Å². The van der Waals surface area contributed by atoms with Gasteiger partial charge in [-0.15, -0.1) is 0 Å². The first kappa shape index (κ1) is 9.13. The third-order valence-electron chi connectivity index (χ3n) is 1.93. The summed E-state index contributed by atoms with van der Waals surface area (Å²) in [4.78, 5) is 0. The molecule has 0 amide bonds. The van der Waals surface area contributed by atoms with Crippen molar-refractivity contribution in [1.82, 2.24) is 5.32 Å². The second kappa shape index (κ2) is 5.66. The zero-order valence-electron chi connectivity index (χ0n) is 7.22. The second-order valence-electron chi connectivity index (χ2n) is 2.93. The van der Waals surface area contributed by atoms with Crippen LogP contribution in [0.3, 0.4) is 0 Å². The molecule has 1 rings (SSSR count). The number of hydrogen-bond acceptors (Lipinski definition) is 1. The van der Waals surface area contributed by atoms with Crippen molar-refractivity contribution in [3.05, 3.63) is 24.3 Å². The van der Waals surface area contributed by atoms with Gasteiger partial charge in [0.2, 0.25) is 0 Å². The normalized spacial score (nSPS) is 24.7. The van der Waals surface area contributed by atoms with Crippen LogP contribution in [-0.4, -0.2) is 30.3 Å². The van der Waals surface area contributed by atoms with Crippen molar-refractivity contribution in [2.45, 2.75) is 24.0 Å². The summed E-state index contributed by atoms with van der Waals surface area (Å²) in [6.45, 7) is 1.05. The van der Waals surface area contributed by atoms with Gasteiger partial charge in [0.25, 0.3) is 0 Å². The Balaban J connectivity index is 2.16. The molecule has 0 radical (unpaired) electrons. The molecule has 0 bridgehead atoms. The molecule has 0 aromatic rings. The molecule has 1 aliphatic heterocycles. The Morgan fingerprint density at radius 1 is 1.45 bits per heavy atom. The zero-order chi connectivity index (χ0) is 7.94. The minimum atomic E-state index is 0.683. The number of hydrogen-bond donors (Lipinski definition) is 1. The van der Waals surface area contributed by atoms with Gasteiger partial charge in [-0.1, -0.05) is 0 Å². The predicted molar refractivity (Wildman–Crippen MR) is 49.9 cm³/mol. The fraction of sp³-hybridized carbons (Fsp3) is 0.556. The van der Waals surface area contributed by atoms with Gasteiger partial charge in [0.1, 0.15) is 0 Å². The average molecular weight is 143 g/mol. The molecule has 0 aromatic carbocycles. The van der Waals surface area contributed by atoms with E-state index >= 15 is 0 Å². The summed E-state index contributed by atoms with van der Waals surface area (Å²) in [5.41, 5.74) is 0. The van der Waals surface area contributed by atoms with Gasteiger partial charge in [-0.3, -0.25) is 0 Å². The van der Waals surface area contributed by atoms with E-state index in [1.54, 1.807) is 0 Å².